The minimum absolute atomic E-state index is 0.108. The molecule has 0 spiro atoms. The molecule has 52 heavy (non-hydrogen) atoms. The maximum absolute atomic E-state index is 13.3. The van der Waals surface area contributed by atoms with Crippen molar-refractivity contribution in [1.82, 2.24) is 35.1 Å². The molecule has 0 saturated carbocycles. The summed E-state index contributed by atoms with van der Waals surface area (Å²) in [7, 11) is 0. The molecule has 7 heterocycles. The summed E-state index contributed by atoms with van der Waals surface area (Å²) in [6.45, 7) is 11.9. The van der Waals surface area contributed by atoms with Gasteiger partial charge in [0.1, 0.15) is 6.04 Å². The summed E-state index contributed by atoms with van der Waals surface area (Å²) in [5.74, 6) is -1.02. The molecule has 270 valence electrons. The molecular formula is C38H44N10O4. The predicted molar refractivity (Wildman–Crippen MR) is 195 cm³/mol. The van der Waals surface area contributed by atoms with Gasteiger partial charge in [0.15, 0.2) is 5.82 Å². The zero-order chi connectivity index (χ0) is 35.3. The van der Waals surface area contributed by atoms with E-state index in [0.29, 0.717) is 23.2 Å². The van der Waals surface area contributed by atoms with Crippen molar-refractivity contribution in [2.24, 2.45) is 0 Å². The first-order valence-corrected chi connectivity index (χ1v) is 18.6. The first-order chi connectivity index (χ1) is 25.4. The van der Waals surface area contributed by atoms with Gasteiger partial charge in [0.05, 0.1) is 28.6 Å². The summed E-state index contributed by atoms with van der Waals surface area (Å²) in [4.78, 5) is 64.2. The number of hydrogen-bond donors (Lipinski definition) is 2. The molecule has 6 aliphatic rings. The largest absolute Gasteiger partial charge is 0.369 e. The number of likely N-dealkylation sites (tertiary alicyclic amines) is 1. The topological polar surface area (TPSA) is 138 Å². The van der Waals surface area contributed by atoms with E-state index < -0.39 is 23.8 Å². The van der Waals surface area contributed by atoms with Crippen LogP contribution in [0.1, 0.15) is 40.0 Å². The highest BCUT2D eigenvalue weighted by molar-refractivity contribution is 6.23. The van der Waals surface area contributed by atoms with Gasteiger partial charge >= 0.3 is 0 Å². The maximum atomic E-state index is 13.3. The summed E-state index contributed by atoms with van der Waals surface area (Å²) in [6, 6.07) is 17.8. The number of anilines is 3. The molecule has 14 nitrogen and oxygen atoms in total. The van der Waals surface area contributed by atoms with Crippen LogP contribution in [0.3, 0.4) is 0 Å². The minimum Gasteiger partial charge on any atom is -0.369 e. The van der Waals surface area contributed by atoms with Gasteiger partial charge in [-0.25, -0.2) is 0 Å². The van der Waals surface area contributed by atoms with Crippen LogP contribution in [-0.2, 0) is 9.59 Å². The second-order valence-electron chi connectivity index (χ2n) is 14.8. The van der Waals surface area contributed by atoms with Crippen LogP contribution in [0.25, 0.3) is 11.3 Å². The fourth-order valence-electron chi connectivity index (χ4n) is 8.90. The van der Waals surface area contributed by atoms with Crippen LogP contribution in [0.5, 0.6) is 0 Å². The summed E-state index contributed by atoms with van der Waals surface area (Å²) in [5.41, 5.74) is 4.72. The van der Waals surface area contributed by atoms with Gasteiger partial charge in [-0.05, 0) is 43.7 Å². The predicted octanol–water partition coefficient (Wildman–Crippen LogP) is 1.36. The summed E-state index contributed by atoms with van der Waals surface area (Å²) in [5, 5.41) is 14.8. The molecule has 14 heteroatoms. The number of carbonyl (C=O) groups is 4. The fourth-order valence-corrected chi connectivity index (χ4v) is 8.90. The van der Waals surface area contributed by atoms with Crippen molar-refractivity contribution in [2.45, 2.75) is 37.4 Å². The quantitative estimate of drug-likeness (QED) is 0.344. The Morgan fingerprint density at radius 1 is 0.731 bits per heavy atom. The molecule has 3 unspecified atom stereocenters. The van der Waals surface area contributed by atoms with Gasteiger partial charge in [-0.3, -0.25) is 39.2 Å². The van der Waals surface area contributed by atoms with Gasteiger partial charge in [0, 0.05) is 95.7 Å². The Labute approximate surface area is 302 Å². The Morgan fingerprint density at radius 3 is 2.31 bits per heavy atom. The number of nitrogens with zero attached hydrogens (tertiary/aromatic N) is 8. The average molecular weight is 705 g/mol. The van der Waals surface area contributed by atoms with Crippen LogP contribution < -0.4 is 20.4 Å². The van der Waals surface area contributed by atoms with Crippen LogP contribution in [0.4, 0.5) is 17.2 Å². The van der Waals surface area contributed by atoms with Crippen molar-refractivity contribution in [3.05, 3.63) is 65.7 Å². The second-order valence-corrected chi connectivity index (χ2v) is 14.8. The van der Waals surface area contributed by atoms with Crippen molar-refractivity contribution in [1.29, 1.82) is 0 Å². The molecule has 0 radical (unpaired) electrons. The molecule has 2 N–H and O–H groups in total. The molecule has 0 aliphatic carbocycles. The molecule has 3 aromatic rings. The Balaban J connectivity index is 0.749. The lowest BCUT2D eigenvalue weighted by molar-refractivity contribution is -0.136. The van der Waals surface area contributed by atoms with Crippen LogP contribution in [0.2, 0.25) is 0 Å². The third-order valence-electron chi connectivity index (χ3n) is 11.8. The lowest BCUT2D eigenvalue weighted by atomic mass is 10.0. The van der Waals surface area contributed by atoms with Crippen molar-refractivity contribution >= 4 is 40.8 Å². The Kier molecular flexibility index (Phi) is 8.60. The summed E-state index contributed by atoms with van der Waals surface area (Å²) >= 11 is 0. The zero-order valence-electron chi connectivity index (χ0n) is 29.2. The van der Waals surface area contributed by atoms with Gasteiger partial charge in [-0.2, -0.15) is 0 Å². The van der Waals surface area contributed by atoms with E-state index in [0.717, 1.165) is 112 Å². The SMILES string of the molecule is O=C1CCC(N2C(=O)c3ccc(N4CCN(C5CCN(CCN6CCN7c8cc(-c9ccccc9)nnc8NCC7C6)C5)CC4)cc3C2=O)C(=O)N1. The fraction of sp³-hybridized carbons (Fsp3) is 0.474. The number of piperazine rings is 2. The van der Waals surface area contributed by atoms with E-state index in [1.165, 1.54) is 6.42 Å². The van der Waals surface area contributed by atoms with E-state index in [2.05, 4.69) is 63.5 Å². The van der Waals surface area contributed by atoms with Gasteiger partial charge < -0.3 is 20.0 Å². The molecule has 3 atom stereocenters. The normalized spacial score (nSPS) is 25.5. The van der Waals surface area contributed by atoms with Crippen LogP contribution in [0.15, 0.2) is 54.6 Å². The number of benzene rings is 2. The number of nitrogens with one attached hydrogen (secondary N) is 2. The van der Waals surface area contributed by atoms with Crippen molar-refractivity contribution in [3.63, 3.8) is 0 Å². The molecule has 4 fully saturated rings. The molecular weight excluding hydrogens is 660 g/mol. The molecule has 4 amide bonds. The summed E-state index contributed by atoms with van der Waals surface area (Å²) in [6.07, 6.45) is 1.44. The Hall–Kier alpha value is -4.92. The van der Waals surface area contributed by atoms with Gasteiger partial charge in [-0.1, -0.05) is 30.3 Å². The molecule has 4 saturated heterocycles. The zero-order valence-corrected chi connectivity index (χ0v) is 29.2. The third kappa shape index (κ3) is 6.07. The van der Waals surface area contributed by atoms with Gasteiger partial charge in [0.25, 0.3) is 11.8 Å². The van der Waals surface area contributed by atoms with E-state index in [1.54, 1.807) is 12.1 Å². The maximum Gasteiger partial charge on any atom is 0.262 e. The number of imide groups is 2. The molecule has 0 bridgehead atoms. The monoisotopic (exact) mass is 704 g/mol. The van der Waals surface area contributed by atoms with E-state index in [-0.39, 0.29) is 18.7 Å². The van der Waals surface area contributed by atoms with Crippen molar-refractivity contribution in [2.75, 3.05) is 93.7 Å². The molecule has 6 aliphatic heterocycles. The first kappa shape index (κ1) is 33.0. The van der Waals surface area contributed by atoms with E-state index >= 15 is 0 Å². The number of hydrogen-bond acceptors (Lipinski definition) is 12. The summed E-state index contributed by atoms with van der Waals surface area (Å²) < 4.78 is 0. The standard InChI is InChI=1S/C38H44N10O4/c49-34-9-8-32(36(50)40-34)48-37(51)29-7-6-26(20-30(29)38(48)52)45-15-17-46(18-16-45)27-10-11-43(23-27)12-13-44-14-19-47-28(24-44)22-39-35-33(47)21-31(41-42-35)25-4-2-1-3-5-25/h1-7,20-21,27-28,32H,8-19,22-24H2,(H,39,42)(H,40,49,50). The van der Waals surface area contributed by atoms with E-state index in [9.17, 15) is 19.2 Å². The number of rotatable bonds is 7. The lowest BCUT2D eigenvalue weighted by Gasteiger charge is -2.46. The lowest BCUT2D eigenvalue weighted by Crippen LogP contribution is -2.58. The number of carbonyl (C=O) groups excluding carboxylic acids is 4. The van der Waals surface area contributed by atoms with Crippen molar-refractivity contribution < 1.29 is 19.2 Å². The van der Waals surface area contributed by atoms with Gasteiger partial charge in [0.2, 0.25) is 11.8 Å². The molecule has 2 aromatic carbocycles. The van der Waals surface area contributed by atoms with Crippen molar-refractivity contribution in [3.8, 4) is 11.3 Å². The molecule has 9 rings (SSSR count). The number of piperidine rings is 1. The minimum atomic E-state index is -0.953. The highest BCUT2D eigenvalue weighted by Crippen LogP contribution is 2.34. The number of amides is 4. The molecule has 1 aromatic heterocycles. The van der Waals surface area contributed by atoms with E-state index in [1.807, 2.05) is 24.3 Å². The number of aromatic nitrogens is 2. The average Bonchev–Trinajstić information content (AvgIpc) is 3.76. The van der Waals surface area contributed by atoms with Gasteiger partial charge in [-0.15, -0.1) is 10.2 Å². The Morgan fingerprint density at radius 2 is 1.50 bits per heavy atom. The number of fused-ring (bicyclic) bond motifs is 4. The van der Waals surface area contributed by atoms with Crippen LogP contribution in [0, 0.1) is 0 Å². The smallest absolute Gasteiger partial charge is 0.262 e. The highest BCUT2D eigenvalue weighted by Gasteiger charge is 2.45. The van der Waals surface area contributed by atoms with Crippen LogP contribution >= 0.6 is 0 Å². The first-order valence-electron chi connectivity index (χ1n) is 18.6. The third-order valence-corrected chi connectivity index (χ3v) is 11.8. The highest BCUT2D eigenvalue weighted by atomic mass is 16.2. The van der Waals surface area contributed by atoms with Crippen LogP contribution in [-0.4, -0.2) is 150 Å². The second kappa shape index (κ2) is 13.6. The van der Waals surface area contributed by atoms with E-state index in [4.69, 9.17) is 0 Å². The Bertz CT molecular complexity index is 1900.